The summed E-state index contributed by atoms with van der Waals surface area (Å²) in [6.07, 6.45) is 5.03. The van der Waals surface area contributed by atoms with Crippen molar-refractivity contribution in [3.05, 3.63) is 29.3 Å². The summed E-state index contributed by atoms with van der Waals surface area (Å²) in [5, 5.41) is 0. The molecule has 2 rings (SSSR count). The molecule has 0 saturated carbocycles. The molecule has 0 aliphatic carbocycles. The molecule has 128 valence electrons. The number of carbonyl (C=O) groups is 1. The van der Waals surface area contributed by atoms with Gasteiger partial charge in [-0.25, -0.2) is 0 Å². The second-order valence-corrected chi connectivity index (χ2v) is 6.72. The monoisotopic (exact) mass is 317 g/mol. The van der Waals surface area contributed by atoms with Crippen molar-refractivity contribution in [3.63, 3.8) is 0 Å². The molecule has 0 N–H and O–H groups in total. The molecule has 0 atom stereocenters. The Morgan fingerprint density at radius 2 is 2.00 bits per heavy atom. The van der Waals surface area contributed by atoms with Crippen molar-refractivity contribution in [1.29, 1.82) is 0 Å². The van der Waals surface area contributed by atoms with E-state index in [1.807, 2.05) is 18.2 Å². The zero-order valence-electron chi connectivity index (χ0n) is 14.9. The topological polar surface area (TPSA) is 29.5 Å². The zero-order valence-corrected chi connectivity index (χ0v) is 14.9. The summed E-state index contributed by atoms with van der Waals surface area (Å²) in [6, 6.07) is 5.90. The lowest BCUT2D eigenvalue weighted by atomic mass is 9.98. The van der Waals surface area contributed by atoms with Crippen LogP contribution in [0.3, 0.4) is 0 Å². The molecule has 1 fully saturated rings. The van der Waals surface area contributed by atoms with Gasteiger partial charge in [-0.15, -0.1) is 0 Å². The fourth-order valence-corrected chi connectivity index (χ4v) is 3.07. The fraction of sp³-hybridized carbons (Fsp3) is 0.650. The van der Waals surface area contributed by atoms with Gasteiger partial charge in [0.1, 0.15) is 5.75 Å². The molecule has 23 heavy (non-hydrogen) atoms. The van der Waals surface area contributed by atoms with Gasteiger partial charge in [0.2, 0.25) is 0 Å². The van der Waals surface area contributed by atoms with Gasteiger partial charge in [-0.05, 0) is 68.5 Å². The number of ether oxygens (including phenoxy) is 1. The average Bonchev–Trinajstić information content (AvgIpc) is 2.59. The lowest BCUT2D eigenvalue weighted by molar-refractivity contribution is 0.0952. The van der Waals surface area contributed by atoms with Crippen molar-refractivity contribution >= 4 is 5.78 Å². The van der Waals surface area contributed by atoms with E-state index >= 15 is 0 Å². The number of aryl methyl sites for hydroxylation is 1. The molecule has 1 aromatic rings. The molecule has 3 heteroatoms. The van der Waals surface area contributed by atoms with E-state index < -0.39 is 0 Å². The lowest BCUT2D eigenvalue weighted by Crippen LogP contribution is -2.34. The highest BCUT2D eigenvalue weighted by Gasteiger charge is 2.17. The first-order valence-corrected chi connectivity index (χ1v) is 9.15. The van der Waals surface area contributed by atoms with Gasteiger partial charge in [-0.2, -0.15) is 0 Å². The minimum absolute atomic E-state index is 0.250. The van der Waals surface area contributed by atoms with Crippen molar-refractivity contribution in [2.75, 3.05) is 26.2 Å². The molecule has 1 heterocycles. The van der Waals surface area contributed by atoms with Crippen molar-refractivity contribution < 1.29 is 9.53 Å². The smallest absolute Gasteiger partial charge is 0.164 e. The normalized spacial score (nSPS) is 16.5. The highest BCUT2D eigenvalue weighted by molar-refractivity contribution is 5.96. The van der Waals surface area contributed by atoms with E-state index in [0.717, 1.165) is 61.9 Å². The summed E-state index contributed by atoms with van der Waals surface area (Å²) >= 11 is 0. The number of hydrogen-bond donors (Lipinski definition) is 0. The number of likely N-dealkylation sites (tertiary alicyclic amines) is 1. The van der Waals surface area contributed by atoms with Crippen LogP contribution in [0.4, 0.5) is 0 Å². The molecule has 0 amide bonds. The second kappa shape index (κ2) is 9.07. The summed E-state index contributed by atoms with van der Waals surface area (Å²) in [5.74, 6) is 2.01. The van der Waals surface area contributed by atoms with E-state index in [9.17, 15) is 4.79 Å². The maximum Gasteiger partial charge on any atom is 0.164 e. The van der Waals surface area contributed by atoms with Crippen molar-refractivity contribution in [2.45, 2.75) is 52.9 Å². The van der Waals surface area contributed by atoms with Crippen LogP contribution in [0.1, 0.15) is 62.4 Å². The Morgan fingerprint density at radius 3 is 2.65 bits per heavy atom. The molecule has 1 saturated heterocycles. The first-order chi connectivity index (χ1) is 11.1. The summed E-state index contributed by atoms with van der Waals surface area (Å²) < 4.78 is 5.76. The molecule has 0 spiro atoms. The van der Waals surface area contributed by atoms with Gasteiger partial charge in [0.15, 0.2) is 5.78 Å². The van der Waals surface area contributed by atoms with E-state index in [1.165, 1.54) is 12.8 Å². The van der Waals surface area contributed by atoms with Crippen LogP contribution >= 0.6 is 0 Å². The Kier molecular flexibility index (Phi) is 7.10. The third-order valence-electron chi connectivity index (χ3n) is 4.76. The van der Waals surface area contributed by atoms with Gasteiger partial charge < -0.3 is 9.64 Å². The van der Waals surface area contributed by atoms with E-state index in [1.54, 1.807) is 0 Å². The molecule has 0 bridgehead atoms. The Labute approximate surface area is 141 Å². The Balaban J connectivity index is 1.91. The van der Waals surface area contributed by atoms with E-state index in [4.69, 9.17) is 4.74 Å². The SMILES string of the molecule is CCCOc1ccc(C(=O)CCN2CCC(C)CC2)cc1CC. The average molecular weight is 317 g/mol. The number of Topliss-reactive ketones (excluding diaryl/α,β-unsaturated/α-hetero) is 1. The van der Waals surface area contributed by atoms with E-state index in [-0.39, 0.29) is 5.78 Å². The molecular weight excluding hydrogens is 286 g/mol. The quantitative estimate of drug-likeness (QED) is 0.668. The van der Waals surface area contributed by atoms with Crippen LogP contribution < -0.4 is 4.74 Å². The van der Waals surface area contributed by atoms with E-state index in [0.29, 0.717) is 6.42 Å². The Bertz CT molecular complexity index is 504. The number of carbonyl (C=O) groups excluding carboxylic acids is 1. The molecule has 3 nitrogen and oxygen atoms in total. The van der Waals surface area contributed by atoms with Gasteiger partial charge in [-0.1, -0.05) is 20.8 Å². The van der Waals surface area contributed by atoms with Crippen molar-refractivity contribution in [1.82, 2.24) is 4.90 Å². The molecule has 1 aliphatic rings. The second-order valence-electron chi connectivity index (χ2n) is 6.72. The molecule has 1 aliphatic heterocycles. The molecular formula is C20H31NO2. The van der Waals surface area contributed by atoms with Crippen LogP contribution in [0.25, 0.3) is 0 Å². The third-order valence-corrected chi connectivity index (χ3v) is 4.76. The van der Waals surface area contributed by atoms with Crippen LogP contribution in [0.5, 0.6) is 5.75 Å². The highest BCUT2D eigenvalue weighted by Crippen LogP contribution is 2.22. The number of piperidine rings is 1. The predicted octanol–water partition coefficient (Wildman–Crippen LogP) is 4.34. The lowest BCUT2D eigenvalue weighted by Gasteiger charge is -2.29. The predicted molar refractivity (Wildman–Crippen MR) is 95.4 cm³/mol. The van der Waals surface area contributed by atoms with Crippen LogP contribution in [0, 0.1) is 5.92 Å². The van der Waals surface area contributed by atoms with Gasteiger partial charge in [0.05, 0.1) is 6.61 Å². The maximum absolute atomic E-state index is 12.5. The number of rotatable bonds is 8. The van der Waals surface area contributed by atoms with Crippen molar-refractivity contribution in [2.24, 2.45) is 5.92 Å². The first kappa shape index (κ1) is 18.0. The molecule has 0 unspecified atom stereocenters. The number of hydrogen-bond acceptors (Lipinski definition) is 3. The largest absolute Gasteiger partial charge is 0.493 e. The van der Waals surface area contributed by atoms with Crippen molar-refractivity contribution in [3.8, 4) is 5.75 Å². The van der Waals surface area contributed by atoms with Crippen LogP contribution in [-0.4, -0.2) is 36.9 Å². The molecule has 1 aromatic carbocycles. The van der Waals surface area contributed by atoms with Gasteiger partial charge in [-0.3, -0.25) is 4.79 Å². The number of nitrogens with zero attached hydrogens (tertiary/aromatic N) is 1. The first-order valence-electron chi connectivity index (χ1n) is 9.15. The Hall–Kier alpha value is -1.35. The number of ketones is 1. The van der Waals surface area contributed by atoms with Gasteiger partial charge in [0.25, 0.3) is 0 Å². The zero-order chi connectivity index (χ0) is 16.7. The summed E-state index contributed by atoms with van der Waals surface area (Å²) in [5.41, 5.74) is 1.96. The van der Waals surface area contributed by atoms with Gasteiger partial charge in [0, 0.05) is 18.5 Å². The minimum atomic E-state index is 0.250. The molecule has 0 aromatic heterocycles. The van der Waals surface area contributed by atoms with Crippen LogP contribution in [0.2, 0.25) is 0 Å². The standard InChI is InChI=1S/C20H31NO2/c1-4-14-23-20-7-6-18(15-17(20)5-2)19(22)10-13-21-11-8-16(3)9-12-21/h6-7,15-16H,4-5,8-14H2,1-3H3. The van der Waals surface area contributed by atoms with Crippen LogP contribution in [-0.2, 0) is 6.42 Å². The minimum Gasteiger partial charge on any atom is -0.493 e. The van der Waals surface area contributed by atoms with Gasteiger partial charge >= 0.3 is 0 Å². The third kappa shape index (κ3) is 5.35. The van der Waals surface area contributed by atoms with Crippen LogP contribution in [0.15, 0.2) is 18.2 Å². The van der Waals surface area contributed by atoms with E-state index in [2.05, 4.69) is 25.7 Å². The summed E-state index contributed by atoms with van der Waals surface area (Å²) in [6.45, 7) is 10.4. The Morgan fingerprint density at radius 1 is 1.26 bits per heavy atom. The maximum atomic E-state index is 12.5. The number of benzene rings is 1. The molecule has 0 radical (unpaired) electrons. The summed E-state index contributed by atoms with van der Waals surface area (Å²) in [7, 11) is 0. The highest BCUT2D eigenvalue weighted by atomic mass is 16.5. The summed E-state index contributed by atoms with van der Waals surface area (Å²) in [4.78, 5) is 14.9. The fourth-order valence-electron chi connectivity index (χ4n) is 3.07.